The molecule has 1 aliphatic heterocycles. The van der Waals surface area contributed by atoms with Gasteiger partial charge in [-0.2, -0.15) is 0 Å². The van der Waals surface area contributed by atoms with Gasteiger partial charge in [-0.1, -0.05) is 6.07 Å². The van der Waals surface area contributed by atoms with E-state index in [1.54, 1.807) is 37.1 Å². The predicted octanol–water partition coefficient (Wildman–Crippen LogP) is 1.07. The maximum absolute atomic E-state index is 12.4. The van der Waals surface area contributed by atoms with E-state index in [0.29, 0.717) is 29.9 Å². The summed E-state index contributed by atoms with van der Waals surface area (Å²) in [5, 5.41) is 11.4. The first-order valence-electron chi connectivity index (χ1n) is 7.04. The average Bonchev–Trinajstić information content (AvgIpc) is 2.90. The standard InChI is InChI=1S/C15H19N3O4/c1-10-11(14(21)17(2)8-6-13(19)20)4-3-5-12(10)18-9-7-16-15(18)22/h3-5H,6-9H2,1-2H3,(H,16,22)(H,19,20). The van der Waals surface area contributed by atoms with Crippen LogP contribution in [0.5, 0.6) is 0 Å². The highest BCUT2D eigenvalue weighted by molar-refractivity contribution is 6.00. The van der Waals surface area contributed by atoms with Crippen LogP contribution in [0.25, 0.3) is 0 Å². The summed E-state index contributed by atoms with van der Waals surface area (Å²) in [4.78, 5) is 37.8. The number of carboxylic acids is 1. The summed E-state index contributed by atoms with van der Waals surface area (Å²) in [6.45, 7) is 3.07. The van der Waals surface area contributed by atoms with E-state index in [4.69, 9.17) is 5.11 Å². The van der Waals surface area contributed by atoms with Gasteiger partial charge in [0, 0.05) is 37.9 Å². The third-order valence-electron chi connectivity index (χ3n) is 3.69. The Labute approximate surface area is 128 Å². The number of carbonyl (C=O) groups excluding carboxylic acids is 2. The molecular formula is C15H19N3O4. The Morgan fingerprint density at radius 1 is 1.41 bits per heavy atom. The summed E-state index contributed by atoms with van der Waals surface area (Å²) in [5.41, 5.74) is 1.89. The van der Waals surface area contributed by atoms with Crippen molar-refractivity contribution in [2.75, 3.05) is 31.6 Å². The predicted molar refractivity (Wildman–Crippen MR) is 81.1 cm³/mol. The van der Waals surface area contributed by atoms with Gasteiger partial charge in [0.15, 0.2) is 0 Å². The first-order chi connectivity index (χ1) is 10.4. The monoisotopic (exact) mass is 305 g/mol. The van der Waals surface area contributed by atoms with E-state index in [1.165, 1.54) is 4.90 Å². The van der Waals surface area contributed by atoms with Gasteiger partial charge in [-0.25, -0.2) is 4.79 Å². The molecule has 1 aliphatic rings. The molecule has 0 saturated carbocycles. The molecule has 0 spiro atoms. The van der Waals surface area contributed by atoms with Crippen LogP contribution in [0.4, 0.5) is 10.5 Å². The van der Waals surface area contributed by atoms with E-state index in [1.807, 2.05) is 0 Å². The normalized spacial score (nSPS) is 13.9. The number of nitrogens with one attached hydrogen (secondary N) is 1. The summed E-state index contributed by atoms with van der Waals surface area (Å²) in [7, 11) is 1.57. The van der Waals surface area contributed by atoms with Crippen molar-refractivity contribution in [3.8, 4) is 0 Å². The minimum absolute atomic E-state index is 0.102. The number of carboxylic acid groups (broad SMARTS) is 1. The first kappa shape index (κ1) is 15.8. The van der Waals surface area contributed by atoms with Gasteiger partial charge in [0.1, 0.15) is 0 Å². The lowest BCUT2D eigenvalue weighted by molar-refractivity contribution is -0.137. The van der Waals surface area contributed by atoms with Gasteiger partial charge in [-0.3, -0.25) is 14.5 Å². The molecule has 7 nitrogen and oxygen atoms in total. The van der Waals surface area contributed by atoms with Crippen LogP contribution in [0.3, 0.4) is 0 Å². The Bertz CT molecular complexity index is 615. The molecule has 1 saturated heterocycles. The van der Waals surface area contributed by atoms with Gasteiger partial charge in [-0.15, -0.1) is 0 Å². The van der Waals surface area contributed by atoms with Crippen molar-refractivity contribution in [1.82, 2.24) is 10.2 Å². The molecule has 1 aromatic carbocycles. The molecule has 7 heteroatoms. The molecule has 1 aromatic rings. The molecule has 1 fully saturated rings. The Kier molecular flexibility index (Phi) is 4.65. The van der Waals surface area contributed by atoms with Crippen LogP contribution in [-0.4, -0.2) is 54.6 Å². The molecule has 1 heterocycles. The highest BCUT2D eigenvalue weighted by Gasteiger charge is 2.25. The van der Waals surface area contributed by atoms with Crippen LogP contribution in [0, 0.1) is 6.92 Å². The smallest absolute Gasteiger partial charge is 0.322 e. The van der Waals surface area contributed by atoms with Crippen molar-refractivity contribution in [2.45, 2.75) is 13.3 Å². The number of anilines is 1. The zero-order valence-electron chi connectivity index (χ0n) is 12.6. The fourth-order valence-corrected chi connectivity index (χ4v) is 2.42. The van der Waals surface area contributed by atoms with Crippen molar-refractivity contribution in [2.24, 2.45) is 0 Å². The van der Waals surface area contributed by atoms with Crippen LogP contribution in [0.15, 0.2) is 18.2 Å². The molecule has 0 atom stereocenters. The maximum Gasteiger partial charge on any atom is 0.322 e. The van der Waals surface area contributed by atoms with E-state index in [2.05, 4.69) is 5.32 Å². The number of hydrogen-bond donors (Lipinski definition) is 2. The number of aliphatic carboxylic acids is 1. The molecule has 2 rings (SSSR count). The van der Waals surface area contributed by atoms with Gasteiger partial charge >= 0.3 is 12.0 Å². The highest BCUT2D eigenvalue weighted by atomic mass is 16.4. The molecule has 0 aliphatic carbocycles. The SMILES string of the molecule is Cc1c(C(=O)N(C)CCC(=O)O)cccc1N1CCNC1=O. The van der Waals surface area contributed by atoms with E-state index in [0.717, 1.165) is 0 Å². The second kappa shape index (κ2) is 6.46. The number of benzene rings is 1. The fourth-order valence-electron chi connectivity index (χ4n) is 2.42. The number of nitrogens with zero attached hydrogens (tertiary/aromatic N) is 2. The number of amides is 3. The van der Waals surface area contributed by atoms with Crippen molar-refractivity contribution in [3.63, 3.8) is 0 Å². The minimum atomic E-state index is -0.945. The summed E-state index contributed by atoms with van der Waals surface area (Å²) < 4.78 is 0. The summed E-state index contributed by atoms with van der Waals surface area (Å²) in [6, 6.07) is 5.04. The summed E-state index contributed by atoms with van der Waals surface area (Å²) in [6.07, 6.45) is -0.102. The Balaban J connectivity index is 2.23. The van der Waals surface area contributed by atoms with E-state index < -0.39 is 5.97 Å². The van der Waals surface area contributed by atoms with Crippen LogP contribution in [0.2, 0.25) is 0 Å². The quantitative estimate of drug-likeness (QED) is 0.851. The van der Waals surface area contributed by atoms with Crippen molar-refractivity contribution in [1.29, 1.82) is 0 Å². The lowest BCUT2D eigenvalue weighted by Gasteiger charge is -2.21. The Morgan fingerprint density at radius 3 is 2.73 bits per heavy atom. The molecule has 3 amide bonds. The number of carbonyl (C=O) groups is 3. The van der Waals surface area contributed by atoms with E-state index in [9.17, 15) is 14.4 Å². The van der Waals surface area contributed by atoms with Crippen LogP contribution in [-0.2, 0) is 4.79 Å². The zero-order chi connectivity index (χ0) is 16.3. The third kappa shape index (κ3) is 3.19. The van der Waals surface area contributed by atoms with Crippen LogP contribution in [0.1, 0.15) is 22.3 Å². The number of hydrogen-bond acceptors (Lipinski definition) is 3. The molecule has 2 N–H and O–H groups in total. The van der Waals surface area contributed by atoms with Gasteiger partial charge in [0.2, 0.25) is 0 Å². The third-order valence-corrected chi connectivity index (χ3v) is 3.69. The van der Waals surface area contributed by atoms with Crippen LogP contribution >= 0.6 is 0 Å². The van der Waals surface area contributed by atoms with Gasteiger partial charge in [-0.05, 0) is 24.6 Å². The first-order valence-corrected chi connectivity index (χ1v) is 7.04. The lowest BCUT2D eigenvalue weighted by atomic mass is 10.0. The number of rotatable bonds is 5. The van der Waals surface area contributed by atoms with Crippen LogP contribution < -0.4 is 10.2 Å². The molecule has 0 unspecified atom stereocenters. The second-order valence-electron chi connectivity index (χ2n) is 5.20. The van der Waals surface area contributed by atoms with E-state index in [-0.39, 0.29) is 24.9 Å². The Hall–Kier alpha value is -2.57. The van der Waals surface area contributed by atoms with Gasteiger partial charge in [0.05, 0.1) is 6.42 Å². The van der Waals surface area contributed by atoms with Crippen molar-refractivity contribution >= 4 is 23.6 Å². The lowest BCUT2D eigenvalue weighted by Crippen LogP contribution is -2.31. The molecule has 0 aromatic heterocycles. The average molecular weight is 305 g/mol. The van der Waals surface area contributed by atoms with Gasteiger partial charge < -0.3 is 15.3 Å². The maximum atomic E-state index is 12.4. The second-order valence-corrected chi connectivity index (χ2v) is 5.20. The molecule has 118 valence electrons. The molecule has 22 heavy (non-hydrogen) atoms. The fraction of sp³-hybridized carbons (Fsp3) is 0.400. The highest BCUT2D eigenvalue weighted by Crippen LogP contribution is 2.25. The largest absolute Gasteiger partial charge is 0.481 e. The molecule has 0 radical (unpaired) electrons. The Morgan fingerprint density at radius 2 is 2.14 bits per heavy atom. The van der Waals surface area contributed by atoms with Crippen molar-refractivity contribution < 1.29 is 19.5 Å². The summed E-state index contributed by atoms with van der Waals surface area (Å²) >= 11 is 0. The minimum Gasteiger partial charge on any atom is -0.481 e. The van der Waals surface area contributed by atoms with Gasteiger partial charge in [0.25, 0.3) is 5.91 Å². The van der Waals surface area contributed by atoms with Crippen molar-refractivity contribution in [3.05, 3.63) is 29.3 Å². The summed E-state index contributed by atoms with van der Waals surface area (Å²) in [5.74, 6) is -1.20. The number of urea groups is 1. The molecule has 0 bridgehead atoms. The van der Waals surface area contributed by atoms with E-state index >= 15 is 0 Å². The zero-order valence-corrected chi connectivity index (χ0v) is 12.6. The topological polar surface area (TPSA) is 89.9 Å². The molecular weight excluding hydrogens is 286 g/mol.